The first-order valence-corrected chi connectivity index (χ1v) is 11.0. The second-order valence-corrected chi connectivity index (χ2v) is 9.81. The molecule has 0 aliphatic heterocycles. The lowest BCUT2D eigenvalue weighted by Crippen LogP contribution is -2.32. The predicted octanol–water partition coefficient (Wildman–Crippen LogP) is 4.96. The maximum absolute atomic E-state index is 13.5. The molecule has 0 radical (unpaired) electrons. The van der Waals surface area contributed by atoms with Crippen LogP contribution in [0.1, 0.15) is 47.0 Å². The molecular formula is C14H28O6P2. The molecule has 0 unspecified atom stereocenters. The maximum Gasteiger partial charge on any atom is 0.352 e. The van der Waals surface area contributed by atoms with Gasteiger partial charge in [0, 0.05) is 0 Å². The number of allylic oxidation sites excluding steroid dienone is 2. The molecule has 0 fully saturated rings. The summed E-state index contributed by atoms with van der Waals surface area (Å²) in [4.78, 5) is -1.36. The molecule has 1 rings (SSSR count). The van der Waals surface area contributed by atoms with Gasteiger partial charge in [-0.1, -0.05) is 12.2 Å². The summed E-state index contributed by atoms with van der Waals surface area (Å²) in [6.07, 6.45) is 5.48. The van der Waals surface area contributed by atoms with E-state index < -0.39 is 20.1 Å². The van der Waals surface area contributed by atoms with Gasteiger partial charge in [-0.3, -0.25) is 9.13 Å². The Balaban J connectivity index is 3.46. The smallest absolute Gasteiger partial charge is 0.308 e. The van der Waals surface area contributed by atoms with Crippen LogP contribution in [0.3, 0.4) is 0 Å². The van der Waals surface area contributed by atoms with E-state index >= 15 is 0 Å². The minimum Gasteiger partial charge on any atom is -0.308 e. The monoisotopic (exact) mass is 354 g/mol. The van der Waals surface area contributed by atoms with Gasteiger partial charge in [0.05, 0.1) is 26.4 Å². The van der Waals surface area contributed by atoms with Crippen molar-refractivity contribution in [3.63, 3.8) is 0 Å². The zero-order valence-electron chi connectivity index (χ0n) is 13.9. The van der Waals surface area contributed by atoms with Crippen LogP contribution in [0.5, 0.6) is 0 Å². The fourth-order valence-electron chi connectivity index (χ4n) is 2.64. The molecule has 0 N–H and O–H groups in total. The molecule has 0 aromatic heterocycles. The van der Waals surface area contributed by atoms with Gasteiger partial charge in [0.15, 0.2) is 4.90 Å². The van der Waals surface area contributed by atoms with Crippen LogP contribution < -0.4 is 0 Å². The zero-order chi connectivity index (χ0) is 16.7. The highest BCUT2D eigenvalue weighted by molar-refractivity contribution is 7.74. The highest BCUT2D eigenvalue weighted by Crippen LogP contribution is 2.80. The highest BCUT2D eigenvalue weighted by atomic mass is 31.2. The Morgan fingerprint density at radius 3 is 1.55 bits per heavy atom. The van der Waals surface area contributed by atoms with Crippen LogP contribution in [0.2, 0.25) is 0 Å². The third-order valence-electron chi connectivity index (χ3n) is 3.44. The first-order chi connectivity index (χ1) is 10.4. The molecule has 0 heterocycles. The van der Waals surface area contributed by atoms with Crippen LogP contribution in [0.15, 0.2) is 12.2 Å². The fraction of sp³-hybridized carbons (Fsp3) is 0.857. The van der Waals surface area contributed by atoms with E-state index in [4.69, 9.17) is 18.1 Å². The Morgan fingerprint density at radius 1 is 0.864 bits per heavy atom. The molecule has 0 amide bonds. The zero-order valence-corrected chi connectivity index (χ0v) is 15.7. The summed E-state index contributed by atoms with van der Waals surface area (Å²) in [5, 5.41) is 0. The lowest BCUT2D eigenvalue weighted by atomic mass is 10.1. The minimum absolute atomic E-state index is 0.200. The number of hydrogen-bond acceptors (Lipinski definition) is 6. The minimum atomic E-state index is -3.71. The van der Waals surface area contributed by atoms with Crippen molar-refractivity contribution in [2.24, 2.45) is 0 Å². The standard InChI is InChI=1S/C14H28O6P2/c1-5-17-21(15,18-6-2)14(12-10-9-11-13-14)22(16,19-7-3)20-8-4/h10,12H,5-9,11,13H2,1-4H3. The molecule has 1 aliphatic carbocycles. The Bertz CT molecular complexity index is 412. The van der Waals surface area contributed by atoms with Crippen molar-refractivity contribution in [2.75, 3.05) is 26.4 Å². The average molecular weight is 354 g/mol. The van der Waals surface area contributed by atoms with Crippen molar-refractivity contribution in [2.45, 2.75) is 51.9 Å². The quantitative estimate of drug-likeness (QED) is 0.408. The summed E-state index contributed by atoms with van der Waals surface area (Å²) in [5.41, 5.74) is 0. The van der Waals surface area contributed by atoms with E-state index in [-0.39, 0.29) is 26.4 Å². The first kappa shape index (κ1) is 20.1. The molecule has 1 aliphatic rings. The van der Waals surface area contributed by atoms with Crippen LogP contribution in [0, 0.1) is 0 Å². The van der Waals surface area contributed by atoms with Gasteiger partial charge < -0.3 is 18.1 Å². The van der Waals surface area contributed by atoms with Gasteiger partial charge in [0.1, 0.15) is 0 Å². The van der Waals surface area contributed by atoms with E-state index in [1.165, 1.54) is 0 Å². The molecule has 6 nitrogen and oxygen atoms in total. The van der Waals surface area contributed by atoms with Crippen molar-refractivity contribution in [3.05, 3.63) is 12.2 Å². The third kappa shape index (κ3) is 3.75. The predicted molar refractivity (Wildman–Crippen MR) is 87.4 cm³/mol. The van der Waals surface area contributed by atoms with E-state index in [1.807, 2.05) is 6.08 Å². The van der Waals surface area contributed by atoms with Gasteiger partial charge in [-0.15, -0.1) is 0 Å². The van der Waals surface area contributed by atoms with E-state index in [9.17, 15) is 9.13 Å². The van der Waals surface area contributed by atoms with Gasteiger partial charge in [-0.05, 0) is 47.0 Å². The molecule has 0 aromatic rings. The second-order valence-electron chi connectivity index (χ2n) is 4.84. The first-order valence-electron chi connectivity index (χ1n) is 7.91. The molecule has 0 atom stereocenters. The average Bonchev–Trinajstić information content (AvgIpc) is 2.49. The fourth-order valence-corrected chi connectivity index (χ4v) is 8.38. The van der Waals surface area contributed by atoms with Crippen molar-refractivity contribution in [1.29, 1.82) is 0 Å². The van der Waals surface area contributed by atoms with E-state index in [2.05, 4.69) is 0 Å². The molecule has 22 heavy (non-hydrogen) atoms. The molecule has 0 aromatic carbocycles. The normalized spacial score (nSPS) is 18.5. The Hall–Kier alpha value is 0.0400. The SMILES string of the molecule is CCOP(=O)(OCC)C1(P(=O)(OCC)OCC)C=CCCC1. The van der Waals surface area contributed by atoms with E-state index in [1.54, 1.807) is 33.8 Å². The maximum atomic E-state index is 13.5. The molecule has 8 heteroatoms. The van der Waals surface area contributed by atoms with E-state index in [0.29, 0.717) is 6.42 Å². The van der Waals surface area contributed by atoms with E-state index in [0.717, 1.165) is 12.8 Å². The summed E-state index contributed by atoms with van der Waals surface area (Å²) in [7, 11) is -7.41. The summed E-state index contributed by atoms with van der Waals surface area (Å²) >= 11 is 0. The molecule has 0 bridgehead atoms. The molecule has 0 spiro atoms. The Kier molecular flexibility index (Phi) is 8.01. The molecular weight excluding hydrogens is 326 g/mol. The Labute approximate surface area is 133 Å². The van der Waals surface area contributed by atoms with Crippen molar-refractivity contribution in [1.82, 2.24) is 0 Å². The molecule has 0 saturated carbocycles. The highest BCUT2D eigenvalue weighted by Gasteiger charge is 2.63. The molecule has 0 saturated heterocycles. The number of hydrogen-bond donors (Lipinski definition) is 0. The van der Waals surface area contributed by atoms with Gasteiger partial charge in [0.2, 0.25) is 0 Å². The summed E-state index contributed by atoms with van der Waals surface area (Å²) < 4.78 is 48.9. The van der Waals surface area contributed by atoms with Crippen LogP contribution in [-0.2, 0) is 27.2 Å². The van der Waals surface area contributed by atoms with Gasteiger partial charge in [0.25, 0.3) is 0 Å². The van der Waals surface area contributed by atoms with Crippen molar-refractivity contribution < 1.29 is 27.2 Å². The van der Waals surface area contributed by atoms with Crippen molar-refractivity contribution >= 4 is 15.2 Å². The van der Waals surface area contributed by atoms with Gasteiger partial charge in [-0.2, -0.15) is 0 Å². The number of rotatable bonds is 10. The summed E-state index contributed by atoms with van der Waals surface area (Å²) in [5.74, 6) is 0. The second kappa shape index (κ2) is 8.77. The third-order valence-corrected chi connectivity index (χ3v) is 9.95. The van der Waals surface area contributed by atoms with Crippen molar-refractivity contribution in [3.8, 4) is 0 Å². The lowest BCUT2D eigenvalue weighted by molar-refractivity contribution is 0.181. The summed E-state index contributed by atoms with van der Waals surface area (Å²) in [6.45, 7) is 7.74. The summed E-state index contributed by atoms with van der Waals surface area (Å²) in [6, 6.07) is 0. The van der Waals surface area contributed by atoms with Crippen LogP contribution in [-0.4, -0.2) is 31.3 Å². The van der Waals surface area contributed by atoms with Gasteiger partial charge in [-0.25, -0.2) is 0 Å². The van der Waals surface area contributed by atoms with Crippen LogP contribution in [0.25, 0.3) is 0 Å². The van der Waals surface area contributed by atoms with Gasteiger partial charge >= 0.3 is 15.2 Å². The van der Waals surface area contributed by atoms with Crippen LogP contribution in [0.4, 0.5) is 0 Å². The van der Waals surface area contributed by atoms with Crippen LogP contribution >= 0.6 is 15.2 Å². The largest absolute Gasteiger partial charge is 0.352 e. The Morgan fingerprint density at radius 2 is 1.27 bits per heavy atom. The topological polar surface area (TPSA) is 71.1 Å². The lowest BCUT2D eigenvalue weighted by Gasteiger charge is -2.41. The molecule has 130 valence electrons.